The number of allylic oxidation sites excluding steroid dienone is 1. The van der Waals surface area contributed by atoms with Crippen LogP contribution in [0.1, 0.15) is 29.0 Å². The topological polar surface area (TPSA) is 56.6 Å². The lowest BCUT2D eigenvalue weighted by atomic mass is 9.86. The summed E-state index contributed by atoms with van der Waals surface area (Å²) < 4.78 is 5.89. The van der Waals surface area contributed by atoms with Crippen molar-refractivity contribution in [3.63, 3.8) is 0 Å². The molecule has 5 nitrogen and oxygen atoms in total. The Morgan fingerprint density at radius 1 is 1.08 bits per heavy atom. The molecule has 0 bridgehead atoms. The lowest BCUT2D eigenvalue weighted by Gasteiger charge is -2.42. The fourth-order valence-corrected chi connectivity index (χ4v) is 5.80. The molecule has 1 saturated heterocycles. The first kappa shape index (κ1) is 24.6. The van der Waals surface area contributed by atoms with Crippen LogP contribution in [0.4, 0.5) is 5.69 Å². The summed E-state index contributed by atoms with van der Waals surface area (Å²) in [5.41, 5.74) is 4.56. The number of thioether (sulfide) groups is 1. The molecule has 0 saturated carbocycles. The smallest absolute Gasteiger partial charge is 0.229 e. The van der Waals surface area contributed by atoms with E-state index in [9.17, 15) is 10.1 Å². The molecule has 0 radical (unpaired) electrons. The molecule has 1 atom stereocenters. The van der Waals surface area contributed by atoms with Gasteiger partial charge in [0.1, 0.15) is 12.4 Å². The van der Waals surface area contributed by atoms with E-state index in [2.05, 4.69) is 11.0 Å². The number of hydrogen-bond donors (Lipinski definition) is 0. The minimum atomic E-state index is -0.271. The Kier molecular flexibility index (Phi) is 7.15. The van der Waals surface area contributed by atoms with Crippen molar-refractivity contribution in [3.05, 3.63) is 104 Å². The number of carbonyl (C=O) groups is 1. The molecular weight excluding hydrogens is 513 g/mol. The summed E-state index contributed by atoms with van der Waals surface area (Å²) >= 11 is 13.8. The SMILES string of the molecule is Cc1ccc(N2CSC3=C(C#N)[C@H](c4ccc(OCc5ccc(Cl)cc5)cc4)CC(=O)N3C2)cc1Cl. The van der Waals surface area contributed by atoms with Crippen LogP contribution in [0.5, 0.6) is 5.75 Å². The first-order valence-corrected chi connectivity index (χ1v) is 13.2. The number of aryl methyl sites for hydroxylation is 1. The van der Waals surface area contributed by atoms with Crippen LogP contribution in [0, 0.1) is 18.3 Å². The molecule has 0 unspecified atom stereocenters. The maximum atomic E-state index is 13.2. The van der Waals surface area contributed by atoms with Gasteiger partial charge in [0, 0.05) is 28.1 Å². The van der Waals surface area contributed by atoms with Gasteiger partial charge >= 0.3 is 0 Å². The molecule has 5 rings (SSSR count). The van der Waals surface area contributed by atoms with E-state index >= 15 is 0 Å². The molecule has 36 heavy (non-hydrogen) atoms. The zero-order valence-electron chi connectivity index (χ0n) is 19.6. The number of ether oxygens (including phenoxy) is 1. The molecule has 3 aromatic rings. The molecule has 0 aromatic heterocycles. The van der Waals surface area contributed by atoms with Crippen LogP contribution in [-0.2, 0) is 11.4 Å². The van der Waals surface area contributed by atoms with Gasteiger partial charge in [0.05, 0.1) is 29.2 Å². The van der Waals surface area contributed by atoms with Crippen molar-refractivity contribution in [1.29, 1.82) is 5.26 Å². The molecule has 182 valence electrons. The van der Waals surface area contributed by atoms with Crippen LogP contribution in [0.15, 0.2) is 77.3 Å². The largest absolute Gasteiger partial charge is 0.489 e. The Balaban J connectivity index is 1.32. The van der Waals surface area contributed by atoms with Gasteiger partial charge in [-0.3, -0.25) is 9.69 Å². The quantitative estimate of drug-likeness (QED) is 0.348. The highest BCUT2D eigenvalue weighted by Gasteiger charge is 2.38. The van der Waals surface area contributed by atoms with Crippen molar-refractivity contribution in [1.82, 2.24) is 4.90 Å². The lowest BCUT2D eigenvalue weighted by molar-refractivity contribution is -0.129. The van der Waals surface area contributed by atoms with Gasteiger partial charge in [0.2, 0.25) is 5.91 Å². The maximum Gasteiger partial charge on any atom is 0.229 e. The molecule has 3 aromatic carbocycles. The molecule has 8 heteroatoms. The summed E-state index contributed by atoms with van der Waals surface area (Å²) in [6.07, 6.45) is 0.250. The Hall–Kier alpha value is -3.11. The number of fused-ring (bicyclic) bond motifs is 1. The number of hydrogen-bond acceptors (Lipinski definition) is 5. The van der Waals surface area contributed by atoms with Crippen molar-refractivity contribution in [2.75, 3.05) is 17.4 Å². The third kappa shape index (κ3) is 5.05. The van der Waals surface area contributed by atoms with E-state index in [1.807, 2.05) is 73.7 Å². The second kappa shape index (κ2) is 10.5. The molecule has 2 aliphatic rings. The second-order valence-corrected chi connectivity index (χ2v) is 10.6. The minimum absolute atomic E-state index is 0.00692. The summed E-state index contributed by atoms with van der Waals surface area (Å²) in [5, 5.41) is 12.2. The van der Waals surface area contributed by atoms with Crippen LogP contribution >= 0.6 is 35.0 Å². The zero-order chi connectivity index (χ0) is 25.2. The first-order valence-electron chi connectivity index (χ1n) is 11.5. The van der Waals surface area contributed by atoms with E-state index in [4.69, 9.17) is 27.9 Å². The molecule has 0 spiro atoms. The van der Waals surface area contributed by atoms with Crippen molar-refractivity contribution >= 4 is 46.6 Å². The monoisotopic (exact) mass is 535 g/mol. The van der Waals surface area contributed by atoms with Crippen molar-refractivity contribution < 1.29 is 9.53 Å². The Morgan fingerprint density at radius 3 is 2.53 bits per heavy atom. The molecule has 1 amide bonds. The van der Waals surface area contributed by atoms with E-state index in [0.717, 1.165) is 33.2 Å². The van der Waals surface area contributed by atoms with Gasteiger partial charge in [-0.15, -0.1) is 0 Å². The van der Waals surface area contributed by atoms with Gasteiger partial charge in [-0.25, -0.2) is 0 Å². The molecule has 1 fully saturated rings. The molecule has 2 heterocycles. The van der Waals surface area contributed by atoms with Crippen LogP contribution in [0.25, 0.3) is 0 Å². The average Bonchev–Trinajstić information content (AvgIpc) is 2.90. The number of halogens is 2. The number of nitriles is 1. The van der Waals surface area contributed by atoms with Gasteiger partial charge in [-0.05, 0) is 60.0 Å². The summed E-state index contributed by atoms with van der Waals surface area (Å²) in [5.74, 6) is 1.09. The van der Waals surface area contributed by atoms with Gasteiger partial charge in [0.25, 0.3) is 0 Å². The number of amides is 1. The minimum Gasteiger partial charge on any atom is -0.489 e. The Morgan fingerprint density at radius 2 is 1.83 bits per heavy atom. The number of rotatable bonds is 5. The van der Waals surface area contributed by atoms with E-state index < -0.39 is 0 Å². The maximum absolute atomic E-state index is 13.2. The number of nitrogens with zero attached hydrogens (tertiary/aromatic N) is 3. The number of benzene rings is 3. The fraction of sp³-hybridized carbons (Fsp3) is 0.214. The first-order chi connectivity index (χ1) is 17.4. The zero-order valence-corrected chi connectivity index (χ0v) is 21.9. The molecule has 0 aliphatic carbocycles. The summed E-state index contributed by atoms with van der Waals surface area (Å²) in [6.45, 7) is 2.79. The molecule has 2 aliphatic heterocycles. The van der Waals surface area contributed by atoms with E-state index in [1.165, 1.54) is 11.8 Å². The van der Waals surface area contributed by atoms with E-state index in [-0.39, 0.29) is 18.2 Å². The van der Waals surface area contributed by atoms with E-state index in [1.54, 1.807) is 4.90 Å². The van der Waals surface area contributed by atoms with Gasteiger partial charge in [0.15, 0.2) is 0 Å². The van der Waals surface area contributed by atoms with Crippen LogP contribution in [0.2, 0.25) is 10.0 Å². The Bertz CT molecular complexity index is 1370. The Labute approximate surface area is 224 Å². The molecule has 0 N–H and O–H groups in total. The third-order valence-electron chi connectivity index (χ3n) is 6.42. The van der Waals surface area contributed by atoms with Gasteiger partial charge in [-0.2, -0.15) is 5.26 Å². The standard InChI is InChI=1S/C28H23Cl2N3O2S/c1-18-2-9-22(12-26(18)30)32-16-33-27(34)13-24(25(14-31)28(33)36-17-32)20-5-10-23(11-6-20)35-15-19-3-7-21(29)8-4-19/h2-12,24H,13,15-17H2,1H3/t24-/m0/s1. The third-order valence-corrected chi connectivity index (χ3v) is 8.23. The summed E-state index contributed by atoms with van der Waals surface area (Å²) in [4.78, 5) is 17.0. The lowest BCUT2D eigenvalue weighted by Crippen LogP contribution is -2.47. The van der Waals surface area contributed by atoms with Crippen LogP contribution in [0.3, 0.4) is 0 Å². The average molecular weight is 536 g/mol. The highest BCUT2D eigenvalue weighted by molar-refractivity contribution is 8.03. The normalized spacial score (nSPS) is 17.6. The second-order valence-electron chi connectivity index (χ2n) is 8.78. The number of anilines is 1. The van der Waals surface area contributed by atoms with Crippen molar-refractivity contribution in [2.45, 2.75) is 25.9 Å². The highest BCUT2D eigenvalue weighted by atomic mass is 35.5. The van der Waals surface area contributed by atoms with Crippen LogP contribution < -0.4 is 9.64 Å². The summed E-state index contributed by atoms with van der Waals surface area (Å²) in [7, 11) is 0. The van der Waals surface area contributed by atoms with Crippen molar-refractivity contribution in [2.24, 2.45) is 0 Å². The summed E-state index contributed by atoms with van der Waals surface area (Å²) in [6, 6.07) is 23.5. The predicted molar refractivity (Wildman–Crippen MR) is 145 cm³/mol. The van der Waals surface area contributed by atoms with Crippen molar-refractivity contribution in [3.8, 4) is 11.8 Å². The number of carbonyl (C=O) groups excluding carboxylic acids is 1. The van der Waals surface area contributed by atoms with E-state index in [0.29, 0.717) is 34.8 Å². The molecular formula is C28H23Cl2N3O2S. The highest BCUT2D eigenvalue weighted by Crippen LogP contribution is 2.43. The fourth-order valence-electron chi connectivity index (χ4n) is 4.33. The van der Waals surface area contributed by atoms with Crippen LogP contribution in [-0.4, -0.2) is 23.4 Å². The van der Waals surface area contributed by atoms with Gasteiger partial charge < -0.3 is 9.64 Å². The predicted octanol–water partition coefficient (Wildman–Crippen LogP) is 7.10. The van der Waals surface area contributed by atoms with Gasteiger partial charge in [-0.1, -0.05) is 65.3 Å².